The van der Waals surface area contributed by atoms with Crippen molar-refractivity contribution in [3.05, 3.63) is 30.1 Å². The number of nitrogens with zero attached hydrogens (tertiary/aromatic N) is 2. The number of hydrogen-bond acceptors (Lipinski definition) is 2. The Bertz CT molecular complexity index is 315. The van der Waals surface area contributed by atoms with Crippen LogP contribution in [0.25, 0.3) is 0 Å². The normalized spacial score (nSPS) is 35.1. The molecular formula is C13H18N2. The van der Waals surface area contributed by atoms with Crippen LogP contribution in [0.2, 0.25) is 0 Å². The zero-order valence-electron chi connectivity index (χ0n) is 9.10. The minimum Gasteiger partial charge on any atom is -0.296 e. The third-order valence-electron chi connectivity index (χ3n) is 4.01. The van der Waals surface area contributed by atoms with E-state index in [1.165, 1.54) is 44.3 Å². The van der Waals surface area contributed by atoms with Crippen molar-refractivity contribution in [2.24, 2.45) is 5.92 Å². The first kappa shape index (κ1) is 9.34. The molecule has 80 valence electrons. The van der Waals surface area contributed by atoms with Crippen molar-refractivity contribution in [2.45, 2.75) is 31.7 Å². The van der Waals surface area contributed by atoms with E-state index in [-0.39, 0.29) is 0 Å². The van der Waals surface area contributed by atoms with Crippen molar-refractivity contribution in [1.82, 2.24) is 9.88 Å². The number of pyridine rings is 1. The van der Waals surface area contributed by atoms with Crippen LogP contribution in [-0.2, 0) is 0 Å². The van der Waals surface area contributed by atoms with E-state index in [2.05, 4.69) is 22.0 Å². The highest BCUT2D eigenvalue weighted by molar-refractivity contribution is 5.15. The molecule has 1 aromatic heterocycles. The van der Waals surface area contributed by atoms with Crippen LogP contribution in [0.4, 0.5) is 0 Å². The molecule has 2 bridgehead atoms. The number of hydrogen-bond donors (Lipinski definition) is 0. The summed E-state index contributed by atoms with van der Waals surface area (Å²) in [6.07, 6.45) is 9.48. The van der Waals surface area contributed by atoms with E-state index in [4.69, 9.17) is 0 Å². The van der Waals surface area contributed by atoms with Crippen LogP contribution in [-0.4, -0.2) is 23.0 Å². The molecule has 0 amide bonds. The van der Waals surface area contributed by atoms with Crippen LogP contribution in [0.1, 0.15) is 37.3 Å². The molecule has 0 spiro atoms. The maximum absolute atomic E-state index is 4.25. The minimum absolute atomic E-state index is 0.645. The highest BCUT2D eigenvalue weighted by Crippen LogP contribution is 2.37. The van der Waals surface area contributed by atoms with Crippen LogP contribution in [0, 0.1) is 5.92 Å². The third kappa shape index (κ3) is 1.78. The molecule has 0 unspecified atom stereocenters. The second-order valence-corrected chi connectivity index (χ2v) is 4.86. The summed E-state index contributed by atoms with van der Waals surface area (Å²) in [5.41, 5.74) is 1.42. The lowest BCUT2D eigenvalue weighted by molar-refractivity contribution is 0.170. The smallest absolute Gasteiger partial charge is 0.0363 e. The number of fused-ring (bicyclic) bond motifs is 4. The quantitative estimate of drug-likeness (QED) is 0.696. The van der Waals surface area contributed by atoms with Gasteiger partial charge in [0.1, 0.15) is 0 Å². The molecule has 1 aromatic rings. The summed E-state index contributed by atoms with van der Waals surface area (Å²) in [4.78, 5) is 6.90. The Morgan fingerprint density at radius 3 is 2.73 bits per heavy atom. The molecule has 0 N–H and O–H groups in total. The predicted octanol–water partition coefficient (Wildman–Crippen LogP) is 2.63. The van der Waals surface area contributed by atoms with Crippen molar-refractivity contribution in [3.63, 3.8) is 0 Å². The fourth-order valence-electron chi connectivity index (χ4n) is 3.08. The molecular weight excluding hydrogens is 184 g/mol. The van der Waals surface area contributed by atoms with Crippen molar-refractivity contribution in [3.8, 4) is 0 Å². The van der Waals surface area contributed by atoms with Crippen molar-refractivity contribution in [1.29, 1.82) is 0 Å². The second kappa shape index (κ2) is 3.93. The summed E-state index contributed by atoms with van der Waals surface area (Å²) >= 11 is 0. The first-order valence-electron chi connectivity index (χ1n) is 6.07. The fourth-order valence-corrected chi connectivity index (χ4v) is 3.08. The lowest BCUT2D eigenvalue weighted by atomic mass is 9.95. The Balaban J connectivity index is 1.86. The first-order valence-corrected chi connectivity index (χ1v) is 6.07. The van der Waals surface area contributed by atoms with Crippen molar-refractivity contribution < 1.29 is 0 Å². The molecule has 2 nitrogen and oxygen atoms in total. The van der Waals surface area contributed by atoms with Crippen LogP contribution < -0.4 is 0 Å². The Morgan fingerprint density at radius 1 is 1.13 bits per heavy atom. The molecule has 3 aliphatic rings. The summed E-state index contributed by atoms with van der Waals surface area (Å²) in [7, 11) is 0. The van der Waals surface area contributed by atoms with Gasteiger partial charge in [0.25, 0.3) is 0 Å². The largest absolute Gasteiger partial charge is 0.296 e. The fraction of sp³-hybridized carbons (Fsp3) is 0.615. The number of aromatic nitrogens is 1. The maximum Gasteiger partial charge on any atom is 0.0363 e. The SMILES string of the molecule is c1cncc([C@H]2CCC3CCN2CC3)c1. The Morgan fingerprint density at radius 2 is 2.00 bits per heavy atom. The Hall–Kier alpha value is -0.890. The van der Waals surface area contributed by atoms with E-state index in [1.807, 2.05) is 12.4 Å². The van der Waals surface area contributed by atoms with E-state index in [1.54, 1.807) is 0 Å². The molecule has 4 heterocycles. The van der Waals surface area contributed by atoms with Gasteiger partial charge >= 0.3 is 0 Å². The summed E-state index contributed by atoms with van der Waals surface area (Å²) in [6, 6.07) is 4.94. The lowest BCUT2D eigenvalue weighted by Crippen LogP contribution is -2.33. The maximum atomic E-state index is 4.25. The molecule has 0 saturated carbocycles. The zero-order chi connectivity index (χ0) is 10.1. The van der Waals surface area contributed by atoms with Gasteiger partial charge in [-0.1, -0.05) is 6.07 Å². The lowest BCUT2D eigenvalue weighted by Gasteiger charge is -2.32. The number of piperidine rings is 1. The molecule has 3 saturated heterocycles. The van der Waals surface area contributed by atoms with Gasteiger partial charge in [0, 0.05) is 18.4 Å². The van der Waals surface area contributed by atoms with Crippen LogP contribution >= 0.6 is 0 Å². The van der Waals surface area contributed by atoms with E-state index in [0.29, 0.717) is 6.04 Å². The molecule has 2 heteroatoms. The standard InChI is InChI=1S/C13H18N2/c1-2-12(10-14-7-1)13-4-3-11-5-8-15(13)9-6-11/h1-2,7,10-11,13H,3-6,8-9H2/t13-/m1/s1. The van der Waals surface area contributed by atoms with E-state index >= 15 is 0 Å². The topological polar surface area (TPSA) is 16.1 Å². The molecule has 0 aromatic carbocycles. The van der Waals surface area contributed by atoms with Crippen molar-refractivity contribution in [2.75, 3.05) is 13.1 Å². The molecule has 4 rings (SSSR count). The molecule has 15 heavy (non-hydrogen) atoms. The average Bonchev–Trinajstić information content (AvgIpc) is 2.63. The van der Waals surface area contributed by atoms with E-state index in [0.717, 1.165) is 5.92 Å². The second-order valence-electron chi connectivity index (χ2n) is 4.86. The molecule has 0 radical (unpaired) electrons. The summed E-state index contributed by atoms with van der Waals surface area (Å²) in [5.74, 6) is 1.00. The van der Waals surface area contributed by atoms with Gasteiger partial charge in [-0.2, -0.15) is 0 Å². The molecule has 0 aliphatic carbocycles. The van der Waals surface area contributed by atoms with Crippen molar-refractivity contribution >= 4 is 0 Å². The highest BCUT2D eigenvalue weighted by Gasteiger charge is 2.30. The monoisotopic (exact) mass is 202 g/mol. The average molecular weight is 202 g/mol. The third-order valence-corrected chi connectivity index (χ3v) is 4.01. The Kier molecular flexibility index (Phi) is 2.45. The van der Waals surface area contributed by atoms with E-state index < -0.39 is 0 Å². The zero-order valence-corrected chi connectivity index (χ0v) is 9.10. The summed E-state index contributed by atoms with van der Waals surface area (Å²) < 4.78 is 0. The summed E-state index contributed by atoms with van der Waals surface area (Å²) in [6.45, 7) is 2.59. The van der Waals surface area contributed by atoms with Gasteiger partial charge in [-0.05, 0) is 56.3 Å². The first-order chi connectivity index (χ1) is 7.43. The van der Waals surface area contributed by atoms with Crippen LogP contribution in [0.3, 0.4) is 0 Å². The van der Waals surface area contributed by atoms with Gasteiger partial charge in [-0.15, -0.1) is 0 Å². The summed E-state index contributed by atoms with van der Waals surface area (Å²) in [5, 5.41) is 0. The van der Waals surface area contributed by atoms with Crippen LogP contribution in [0.15, 0.2) is 24.5 Å². The highest BCUT2D eigenvalue weighted by atomic mass is 15.2. The molecule has 1 atom stereocenters. The van der Waals surface area contributed by atoms with Gasteiger partial charge in [-0.3, -0.25) is 9.88 Å². The molecule has 3 fully saturated rings. The molecule has 3 aliphatic heterocycles. The van der Waals surface area contributed by atoms with Gasteiger partial charge < -0.3 is 0 Å². The van der Waals surface area contributed by atoms with Gasteiger partial charge in [0.05, 0.1) is 0 Å². The predicted molar refractivity (Wildman–Crippen MR) is 60.5 cm³/mol. The van der Waals surface area contributed by atoms with Gasteiger partial charge in [0.15, 0.2) is 0 Å². The minimum atomic E-state index is 0.645. The van der Waals surface area contributed by atoms with Crippen LogP contribution in [0.5, 0.6) is 0 Å². The number of rotatable bonds is 1. The van der Waals surface area contributed by atoms with Gasteiger partial charge in [-0.25, -0.2) is 0 Å². The van der Waals surface area contributed by atoms with E-state index in [9.17, 15) is 0 Å². The Labute approximate surface area is 91.3 Å². The van der Waals surface area contributed by atoms with Gasteiger partial charge in [0.2, 0.25) is 0 Å².